The van der Waals surface area contributed by atoms with Gasteiger partial charge in [0.05, 0.1) is 0 Å². The van der Waals surface area contributed by atoms with E-state index in [4.69, 9.17) is 5.11 Å². The van der Waals surface area contributed by atoms with E-state index in [1.54, 1.807) is 5.38 Å². The number of carbonyl (C=O) groups is 2. The minimum Gasteiger partial charge on any atom is -0.476 e. The monoisotopic (exact) mass is 389 g/mol. The summed E-state index contributed by atoms with van der Waals surface area (Å²) in [5, 5.41) is 13.9. The number of hydrogen-bond acceptors (Lipinski definition) is 7. The fourth-order valence-corrected chi connectivity index (χ4v) is 4.82. The number of nitrogens with zero attached hydrogens (tertiary/aromatic N) is 2. The van der Waals surface area contributed by atoms with Crippen molar-refractivity contribution in [1.29, 1.82) is 0 Å². The smallest absolute Gasteiger partial charge is 0.355 e. The Balaban J connectivity index is 1.72. The molecule has 1 fully saturated rings. The Morgan fingerprint density at radius 1 is 1.54 bits per heavy atom. The summed E-state index contributed by atoms with van der Waals surface area (Å²) in [4.78, 5) is 28.9. The molecule has 0 saturated carbocycles. The average Bonchev–Trinajstić information content (AvgIpc) is 3.16. The lowest BCUT2D eigenvalue weighted by molar-refractivity contribution is -0.128. The molecule has 1 saturated heterocycles. The molecule has 134 valence electrons. The zero-order valence-electron chi connectivity index (χ0n) is 13.7. The lowest BCUT2D eigenvalue weighted by Crippen LogP contribution is -2.41. The van der Waals surface area contributed by atoms with Crippen LogP contribution in [0.3, 0.4) is 0 Å². The van der Waals surface area contributed by atoms with Gasteiger partial charge in [-0.05, 0) is 31.4 Å². The average molecular weight is 390 g/mol. The van der Waals surface area contributed by atoms with Gasteiger partial charge in [-0.15, -0.1) is 11.3 Å². The van der Waals surface area contributed by atoms with E-state index in [1.807, 2.05) is 16.7 Å². The number of carboxylic acids is 1. The first kappa shape index (κ1) is 19.6. The van der Waals surface area contributed by atoms with Crippen molar-refractivity contribution in [2.24, 2.45) is 0 Å². The molecule has 1 aromatic heterocycles. The van der Waals surface area contributed by atoms with Crippen molar-refractivity contribution >= 4 is 46.7 Å². The third kappa shape index (κ3) is 5.94. The van der Waals surface area contributed by atoms with Crippen molar-refractivity contribution < 1.29 is 14.7 Å². The molecule has 0 radical (unpaired) electrons. The second-order valence-corrected chi connectivity index (χ2v) is 8.67. The molecular formula is C15H23N3O3S3. The largest absolute Gasteiger partial charge is 0.476 e. The van der Waals surface area contributed by atoms with Gasteiger partial charge >= 0.3 is 5.97 Å². The fourth-order valence-electron chi connectivity index (χ4n) is 2.58. The highest BCUT2D eigenvalue weighted by Gasteiger charge is 2.30. The highest BCUT2D eigenvalue weighted by atomic mass is 32.2. The molecule has 1 aromatic rings. The summed E-state index contributed by atoms with van der Waals surface area (Å²) in [7, 11) is 0. The van der Waals surface area contributed by atoms with Crippen molar-refractivity contribution in [3.05, 3.63) is 11.1 Å². The van der Waals surface area contributed by atoms with Crippen LogP contribution in [0, 0.1) is 0 Å². The molecule has 2 N–H and O–H groups in total. The number of rotatable bonds is 11. The second kappa shape index (κ2) is 10.3. The Morgan fingerprint density at radius 3 is 3.08 bits per heavy atom. The summed E-state index contributed by atoms with van der Waals surface area (Å²) < 4.78 is 0.741. The zero-order valence-corrected chi connectivity index (χ0v) is 16.1. The number of aromatic carboxylic acids is 1. The molecule has 1 atom stereocenters. The standard InChI is InChI=1S/C15H23N3O3S3/c1-22-7-2-5-16-9-11-3-4-13(19)18(11)6-8-23-15-17-12(10-24-15)14(20)21/h10-11,16H,2-9H2,1H3,(H,20,21). The summed E-state index contributed by atoms with van der Waals surface area (Å²) in [6, 6.07) is 0.276. The maximum atomic E-state index is 12.1. The fraction of sp³-hybridized carbons (Fsp3) is 0.667. The Kier molecular flexibility index (Phi) is 8.37. The molecule has 1 aliphatic rings. The molecule has 2 rings (SSSR count). The van der Waals surface area contributed by atoms with E-state index in [0.29, 0.717) is 13.0 Å². The van der Waals surface area contributed by atoms with Crippen LogP contribution in [0.1, 0.15) is 29.8 Å². The van der Waals surface area contributed by atoms with Gasteiger partial charge in [0.1, 0.15) is 0 Å². The molecule has 24 heavy (non-hydrogen) atoms. The van der Waals surface area contributed by atoms with E-state index >= 15 is 0 Å². The van der Waals surface area contributed by atoms with Crippen molar-refractivity contribution in [2.45, 2.75) is 29.6 Å². The Bertz CT molecular complexity index is 553. The highest BCUT2D eigenvalue weighted by Crippen LogP contribution is 2.24. The molecule has 2 heterocycles. The van der Waals surface area contributed by atoms with Gasteiger partial charge in [-0.2, -0.15) is 11.8 Å². The number of thiazole rings is 1. The molecule has 1 unspecified atom stereocenters. The minimum absolute atomic E-state index is 0.0899. The first-order valence-corrected chi connectivity index (χ1v) is 11.2. The number of nitrogens with one attached hydrogen (secondary N) is 1. The van der Waals surface area contributed by atoms with Crippen LogP contribution >= 0.6 is 34.9 Å². The van der Waals surface area contributed by atoms with Crippen molar-refractivity contribution in [3.63, 3.8) is 0 Å². The summed E-state index contributed by atoms with van der Waals surface area (Å²) >= 11 is 4.70. The molecule has 1 amide bonds. The first-order valence-electron chi connectivity index (χ1n) is 7.92. The highest BCUT2D eigenvalue weighted by molar-refractivity contribution is 8.01. The topological polar surface area (TPSA) is 82.5 Å². The van der Waals surface area contributed by atoms with Crippen LogP contribution in [0.4, 0.5) is 0 Å². The van der Waals surface area contributed by atoms with Crippen LogP contribution in [-0.4, -0.2) is 70.3 Å². The molecule has 0 spiro atoms. The first-order chi connectivity index (χ1) is 11.6. The van der Waals surface area contributed by atoms with Crippen molar-refractivity contribution in [3.8, 4) is 0 Å². The van der Waals surface area contributed by atoms with Crippen molar-refractivity contribution in [1.82, 2.24) is 15.2 Å². The Hall–Kier alpha value is -0.770. The SMILES string of the molecule is CSCCCNCC1CCC(=O)N1CCSc1nc(C(=O)O)cs1. The van der Waals surface area contributed by atoms with Gasteiger partial charge in [-0.25, -0.2) is 9.78 Å². The molecule has 0 bridgehead atoms. The number of amides is 1. The van der Waals surface area contributed by atoms with Gasteiger partial charge in [-0.1, -0.05) is 11.8 Å². The number of hydrogen-bond donors (Lipinski definition) is 2. The zero-order chi connectivity index (χ0) is 17.4. The number of likely N-dealkylation sites (tertiary alicyclic amines) is 1. The Labute approximate surface area is 154 Å². The van der Waals surface area contributed by atoms with Gasteiger partial charge in [0.15, 0.2) is 10.0 Å². The summed E-state index contributed by atoms with van der Waals surface area (Å²) in [5.74, 6) is 1.11. The van der Waals surface area contributed by atoms with E-state index in [2.05, 4.69) is 16.6 Å². The molecule has 0 aliphatic carbocycles. The molecule has 1 aliphatic heterocycles. The molecule has 6 nitrogen and oxygen atoms in total. The van der Waals surface area contributed by atoms with Crippen LogP contribution in [0.2, 0.25) is 0 Å². The predicted molar refractivity (Wildman–Crippen MR) is 100 cm³/mol. The van der Waals surface area contributed by atoms with Crippen LogP contribution < -0.4 is 5.32 Å². The normalized spacial score (nSPS) is 17.6. The molecule has 0 aromatic carbocycles. The third-order valence-electron chi connectivity index (χ3n) is 3.79. The van der Waals surface area contributed by atoms with Crippen LogP contribution in [0.5, 0.6) is 0 Å². The number of carboxylic acid groups (broad SMARTS) is 1. The van der Waals surface area contributed by atoms with Crippen LogP contribution in [0.25, 0.3) is 0 Å². The summed E-state index contributed by atoms with van der Waals surface area (Å²) in [6.45, 7) is 2.53. The van der Waals surface area contributed by atoms with E-state index in [9.17, 15) is 9.59 Å². The van der Waals surface area contributed by atoms with Gasteiger partial charge in [-0.3, -0.25) is 4.79 Å². The lowest BCUT2D eigenvalue weighted by Gasteiger charge is -2.25. The maximum Gasteiger partial charge on any atom is 0.355 e. The van der Waals surface area contributed by atoms with Crippen LogP contribution in [0.15, 0.2) is 9.72 Å². The predicted octanol–water partition coefficient (Wildman–Crippen LogP) is 2.27. The van der Waals surface area contributed by atoms with Gasteiger partial charge in [0, 0.05) is 36.7 Å². The number of carbonyl (C=O) groups excluding carboxylic acids is 1. The summed E-state index contributed by atoms with van der Waals surface area (Å²) in [5.41, 5.74) is 0.0899. The quantitative estimate of drug-likeness (QED) is 0.444. The second-order valence-electron chi connectivity index (χ2n) is 5.48. The lowest BCUT2D eigenvalue weighted by atomic mass is 10.2. The van der Waals surface area contributed by atoms with Crippen LogP contribution in [-0.2, 0) is 4.79 Å². The Morgan fingerprint density at radius 2 is 2.38 bits per heavy atom. The molecular weight excluding hydrogens is 366 g/mol. The van der Waals surface area contributed by atoms with E-state index in [-0.39, 0.29) is 17.6 Å². The van der Waals surface area contributed by atoms with Crippen molar-refractivity contribution in [2.75, 3.05) is 37.4 Å². The van der Waals surface area contributed by atoms with E-state index in [1.165, 1.54) is 23.1 Å². The number of aromatic nitrogens is 1. The van der Waals surface area contributed by atoms with E-state index in [0.717, 1.165) is 41.8 Å². The summed E-state index contributed by atoms with van der Waals surface area (Å²) in [6.07, 6.45) is 4.80. The number of thioether (sulfide) groups is 2. The van der Waals surface area contributed by atoms with Gasteiger partial charge < -0.3 is 15.3 Å². The van der Waals surface area contributed by atoms with Gasteiger partial charge in [0.2, 0.25) is 5.91 Å². The maximum absolute atomic E-state index is 12.1. The van der Waals surface area contributed by atoms with Gasteiger partial charge in [0.25, 0.3) is 0 Å². The third-order valence-corrected chi connectivity index (χ3v) is 6.49. The minimum atomic E-state index is -1.000. The molecule has 9 heteroatoms. The van der Waals surface area contributed by atoms with E-state index < -0.39 is 5.97 Å².